The van der Waals surface area contributed by atoms with Crippen LogP contribution in [0.4, 0.5) is 15.4 Å². The normalized spacial score (nSPS) is 18.6. The topological polar surface area (TPSA) is 109 Å². The minimum atomic E-state index is -0.603. The molecule has 2 saturated heterocycles. The smallest absolute Gasteiger partial charge is 0.410 e. The van der Waals surface area contributed by atoms with E-state index in [2.05, 4.69) is 5.16 Å². The van der Waals surface area contributed by atoms with Gasteiger partial charge in [0.05, 0.1) is 6.04 Å². The van der Waals surface area contributed by atoms with Crippen LogP contribution >= 0.6 is 0 Å². The summed E-state index contributed by atoms with van der Waals surface area (Å²) in [6.45, 7) is 9.61. The van der Waals surface area contributed by atoms with E-state index in [-0.39, 0.29) is 29.8 Å². The van der Waals surface area contributed by atoms with Crippen molar-refractivity contribution in [2.75, 3.05) is 31.1 Å². The number of amides is 3. The van der Waals surface area contributed by atoms with Crippen molar-refractivity contribution in [3.8, 4) is 0 Å². The zero-order valence-electron chi connectivity index (χ0n) is 23.6. The lowest BCUT2D eigenvalue weighted by Crippen LogP contribution is -2.56. The summed E-state index contributed by atoms with van der Waals surface area (Å²) >= 11 is 0. The van der Waals surface area contributed by atoms with Gasteiger partial charge in [0.1, 0.15) is 22.9 Å². The number of rotatable bonds is 4. The lowest BCUT2D eigenvalue weighted by molar-refractivity contribution is 0.0197. The summed E-state index contributed by atoms with van der Waals surface area (Å²) in [5.41, 5.74) is 0.714. The lowest BCUT2D eigenvalue weighted by Gasteiger charge is -2.42. The number of benzene rings is 1. The molecule has 1 aromatic carbocycles. The molecular weight excluding hydrogens is 510 g/mol. The Labute approximate surface area is 234 Å². The first-order valence-electron chi connectivity index (χ1n) is 14.0. The van der Waals surface area contributed by atoms with Gasteiger partial charge in [-0.05, 0) is 70.4 Å². The Morgan fingerprint density at radius 3 is 2.58 bits per heavy atom. The summed E-state index contributed by atoms with van der Waals surface area (Å²) < 4.78 is 11.0. The van der Waals surface area contributed by atoms with Crippen LogP contribution < -0.4 is 4.90 Å². The molecule has 3 amide bonds. The van der Waals surface area contributed by atoms with Crippen LogP contribution in [0.1, 0.15) is 74.2 Å². The van der Waals surface area contributed by atoms with Crippen molar-refractivity contribution in [1.29, 1.82) is 0 Å². The molecule has 10 heteroatoms. The van der Waals surface area contributed by atoms with E-state index in [1.165, 1.54) is 0 Å². The summed E-state index contributed by atoms with van der Waals surface area (Å²) in [5.74, 6) is 1.39. The molecule has 2 aliphatic rings. The van der Waals surface area contributed by atoms with Gasteiger partial charge >= 0.3 is 12.1 Å². The SMILES string of the molecule is Cc1cccc2ccnc(N(C(=O)N3CCC(c4cc(C=O)no4)CC3)[C@@H]3CCCN(C(=O)OC(C)(C)C)C3)c12. The largest absolute Gasteiger partial charge is 0.444 e. The summed E-state index contributed by atoms with van der Waals surface area (Å²) in [4.78, 5) is 48.5. The second-order valence-electron chi connectivity index (χ2n) is 11.7. The molecule has 2 fully saturated rings. The van der Waals surface area contributed by atoms with Crippen LogP contribution in [0.2, 0.25) is 0 Å². The number of aromatic nitrogens is 2. The predicted molar refractivity (Wildman–Crippen MR) is 151 cm³/mol. The molecule has 4 heterocycles. The molecule has 40 heavy (non-hydrogen) atoms. The Balaban J connectivity index is 1.43. The van der Waals surface area contributed by atoms with Gasteiger partial charge in [0.15, 0.2) is 6.29 Å². The van der Waals surface area contributed by atoms with Crippen LogP contribution in [0.25, 0.3) is 10.8 Å². The van der Waals surface area contributed by atoms with Crippen molar-refractivity contribution in [1.82, 2.24) is 19.9 Å². The molecule has 2 aromatic heterocycles. The van der Waals surface area contributed by atoms with E-state index in [0.29, 0.717) is 56.9 Å². The van der Waals surface area contributed by atoms with Crippen LogP contribution in [-0.4, -0.2) is 76.2 Å². The Morgan fingerprint density at radius 1 is 1.10 bits per heavy atom. The van der Waals surface area contributed by atoms with E-state index < -0.39 is 5.60 Å². The monoisotopic (exact) mass is 547 g/mol. The minimum Gasteiger partial charge on any atom is -0.444 e. The Kier molecular flexibility index (Phi) is 7.78. The van der Waals surface area contributed by atoms with Crippen molar-refractivity contribution in [2.24, 2.45) is 0 Å². The van der Waals surface area contributed by atoms with E-state index in [1.807, 2.05) is 61.8 Å². The number of carbonyl (C=O) groups is 3. The minimum absolute atomic E-state index is 0.0916. The number of aldehydes is 1. The lowest BCUT2D eigenvalue weighted by atomic mass is 9.94. The summed E-state index contributed by atoms with van der Waals surface area (Å²) in [6, 6.07) is 9.32. The molecule has 0 spiro atoms. The first kappa shape index (κ1) is 27.6. The second-order valence-corrected chi connectivity index (χ2v) is 11.7. The third kappa shape index (κ3) is 5.80. The van der Waals surface area contributed by atoms with E-state index in [0.717, 1.165) is 29.2 Å². The van der Waals surface area contributed by atoms with Crippen molar-refractivity contribution in [3.63, 3.8) is 0 Å². The average Bonchev–Trinajstić information content (AvgIpc) is 3.42. The van der Waals surface area contributed by atoms with Crippen molar-refractivity contribution in [3.05, 3.63) is 53.5 Å². The number of urea groups is 1. The van der Waals surface area contributed by atoms with Gasteiger partial charge in [-0.25, -0.2) is 14.6 Å². The molecule has 0 N–H and O–H groups in total. The standard InChI is InChI=1S/C30H37N5O5/c1-20-7-5-8-22-10-13-31-27(26(20)22)35(24-9-6-14-34(18-24)29(38)39-30(2,3)4)28(37)33-15-11-21(12-16-33)25-17-23(19-36)32-40-25/h5,7-8,10,13,17,19,21,24H,6,9,11-12,14-16,18H2,1-4H3/t24-/m1/s1. The highest BCUT2D eigenvalue weighted by Crippen LogP contribution is 2.34. The average molecular weight is 548 g/mol. The Bertz CT molecular complexity index is 1380. The van der Waals surface area contributed by atoms with Crippen molar-refractivity contribution < 1.29 is 23.6 Å². The number of hydrogen-bond acceptors (Lipinski definition) is 7. The summed E-state index contributed by atoms with van der Waals surface area (Å²) in [7, 11) is 0. The second kappa shape index (κ2) is 11.3. The number of aryl methyl sites for hydroxylation is 1. The fourth-order valence-electron chi connectivity index (χ4n) is 5.71. The zero-order valence-corrected chi connectivity index (χ0v) is 23.6. The maximum absolute atomic E-state index is 14.3. The third-order valence-electron chi connectivity index (χ3n) is 7.66. The van der Waals surface area contributed by atoms with E-state index in [9.17, 15) is 14.4 Å². The Morgan fingerprint density at radius 2 is 1.88 bits per heavy atom. The molecular formula is C30H37N5O5. The van der Waals surface area contributed by atoms with Crippen LogP contribution in [0.5, 0.6) is 0 Å². The molecule has 1 atom stereocenters. The molecule has 5 rings (SSSR count). The van der Waals surface area contributed by atoms with Crippen LogP contribution in [0, 0.1) is 6.92 Å². The van der Waals surface area contributed by atoms with Gasteiger partial charge in [0.2, 0.25) is 0 Å². The molecule has 0 aliphatic carbocycles. The quantitative estimate of drug-likeness (QED) is 0.394. The molecule has 0 saturated carbocycles. The van der Waals surface area contributed by atoms with Crippen LogP contribution in [0.15, 0.2) is 41.1 Å². The van der Waals surface area contributed by atoms with Gasteiger partial charge in [0, 0.05) is 49.7 Å². The van der Waals surface area contributed by atoms with Gasteiger partial charge in [0.25, 0.3) is 0 Å². The van der Waals surface area contributed by atoms with Crippen molar-refractivity contribution >= 4 is 35.0 Å². The first-order valence-corrected chi connectivity index (χ1v) is 14.0. The van der Waals surface area contributed by atoms with E-state index >= 15 is 0 Å². The number of carbonyl (C=O) groups excluding carboxylic acids is 3. The van der Waals surface area contributed by atoms with Gasteiger partial charge in [-0.2, -0.15) is 0 Å². The van der Waals surface area contributed by atoms with E-state index in [1.54, 1.807) is 17.2 Å². The van der Waals surface area contributed by atoms with Crippen LogP contribution in [0.3, 0.4) is 0 Å². The number of hydrogen-bond donors (Lipinski definition) is 0. The fourth-order valence-corrected chi connectivity index (χ4v) is 5.71. The number of likely N-dealkylation sites (tertiary alicyclic amines) is 2. The number of nitrogens with zero attached hydrogens (tertiary/aromatic N) is 5. The van der Waals surface area contributed by atoms with Crippen molar-refractivity contribution in [2.45, 2.75) is 70.9 Å². The van der Waals surface area contributed by atoms with E-state index in [4.69, 9.17) is 14.2 Å². The molecule has 0 radical (unpaired) electrons. The molecule has 0 unspecified atom stereocenters. The molecule has 212 valence electrons. The number of anilines is 1. The summed E-state index contributed by atoms with van der Waals surface area (Å²) in [6.07, 6.45) is 4.95. The Hall–Kier alpha value is -3.95. The highest BCUT2D eigenvalue weighted by atomic mass is 16.6. The van der Waals surface area contributed by atoms with Gasteiger partial charge in [-0.1, -0.05) is 23.4 Å². The maximum Gasteiger partial charge on any atom is 0.410 e. The number of fused-ring (bicyclic) bond motifs is 1. The highest BCUT2D eigenvalue weighted by Gasteiger charge is 2.38. The predicted octanol–water partition coefficient (Wildman–Crippen LogP) is 5.55. The maximum atomic E-state index is 14.3. The highest BCUT2D eigenvalue weighted by molar-refractivity contribution is 6.03. The van der Waals surface area contributed by atoms with Gasteiger partial charge in [-0.3, -0.25) is 9.69 Å². The zero-order chi connectivity index (χ0) is 28.4. The fraction of sp³-hybridized carbons (Fsp3) is 0.500. The molecule has 2 aliphatic heterocycles. The number of piperidine rings is 2. The molecule has 10 nitrogen and oxygen atoms in total. The molecule has 0 bridgehead atoms. The number of ether oxygens (including phenoxy) is 1. The summed E-state index contributed by atoms with van der Waals surface area (Å²) in [5, 5.41) is 5.74. The third-order valence-corrected chi connectivity index (χ3v) is 7.66. The first-order chi connectivity index (χ1) is 19.1. The van der Waals surface area contributed by atoms with Gasteiger partial charge in [-0.15, -0.1) is 0 Å². The van der Waals surface area contributed by atoms with Gasteiger partial charge < -0.3 is 19.1 Å². The number of pyridine rings is 1. The molecule has 3 aromatic rings. The van der Waals surface area contributed by atoms with Crippen LogP contribution in [-0.2, 0) is 4.74 Å².